The zero-order chi connectivity index (χ0) is 13.4. The first-order chi connectivity index (χ1) is 9.16. The van der Waals surface area contributed by atoms with Crippen LogP contribution in [0, 0.1) is 5.92 Å². The van der Waals surface area contributed by atoms with Crippen molar-refractivity contribution in [3.05, 3.63) is 34.3 Å². The van der Waals surface area contributed by atoms with Crippen molar-refractivity contribution < 1.29 is 9.90 Å². The van der Waals surface area contributed by atoms with Gasteiger partial charge in [0.1, 0.15) is 0 Å². The third-order valence-electron chi connectivity index (χ3n) is 4.61. The number of carboxylic acid groups (broad SMARTS) is 1. The van der Waals surface area contributed by atoms with Crippen molar-refractivity contribution in [3.63, 3.8) is 0 Å². The maximum Gasteiger partial charge on any atom is 0.307 e. The number of hydrogen-bond acceptors (Lipinski definition) is 1. The lowest BCUT2D eigenvalue weighted by atomic mass is 9.83. The fraction of sp³-hybridized carbons (Fsp3) is 0.562. The van der Waals surface area contributed by atoms with Crippen LogP contribution >= 0.6 is 24.0 Å². The standard InChI is InChI=1S/C16H19ClO2.ClH/c17-15-8-11(13-9-14(13)16(18)19)6-7-12(15)10-4-2-1-3-5-10;/h6-8,10,13-14H,1-5,9H2,(H,18,19);1H. The molecule has 2 atom stereocenters. The number of aliphatic carboxylic acids is 1. The Morgan fingerprint density at radius 2 is 1.90 bits per heavy atom. The van der Waals surface area contributed by atoms with E-state index in [1.54, 1.807) is 0 Å². The summed E-state index contributed by atoms with van der Waals surface area (Å²) in [5, 5.41) is 9.81. The Morgan fingerprint density at radius 3 is 2.45 bits per heavy atom. The van der Waals surface area contributed by atoms with Gasteiger partial charge in [-0.1, -0.05) is 43.0 Å². The molecule has 1 N–H and O–H groups in total. The van der Waals surface area contributed by atoms with Crippen LogP contribution < -0.4 is 0 Å². The van der Waals surface area contributed by atoms with Crippen molar-refractivity contribution >= 4 is 30.0 Å². The first kappa shape index (κ1) is 15.7. The van der Waals surface area contributed by atoms with Gasteiger partial charge in [0.05, 0.1) is 5.92 Å². The van der Waals surface area contributed by atoms with E-state index in [2.05, 4.69) is 12.1 Å². The van der Waals surface area contributed by atoms with E-state index in [9.17, 15) is 4.79 Å². The topological polar surface area (TPSA) is 37.3 Å². The van der Waals surface area contributed by atoms with Gasteiger partial charge >= 0.3 is 5.97 Å². The number of benzene rings is 1. The molecule has 1 aromatic rings. The fourth-order valence-electron chi connectivity index (χ4n) is 3.36. The molecule has 2 nitrogen and oxygen atoms in total. The molecule has 0 heterocycles. The Hall–Kier alpha value is -0.730. The van der Waals surface area contributed by atoms with Crippen LogP contribution in [-0.2, 0) is 4.79 Å². The van der Waals surface area contributed by atoms with E-state index in [1.165, 1.54) is 37.7 Å². The predicted octanol–water partition coefficient (Wildman–Crippen LogP) is 5.00. The van der Waals surface area contributed by atoms with E-state index in [-0.39, 0.29) is 24.2 Å². The molecule has 0 radical (unpaired) electrons. The van der Waals surface area contributed by atoms with Crippen molar-refractivity contribution in [1.29, 1.82) is 0 Å². The SMILES string of the molecule is Cl.O=C(O)C1CC1c1ccc(C2CCCCC2)c(Cl)c1. The van der Waals surface area contributed by atoms with E-state index >= 15 is 0 Å². The number of carboxylic acids is 1. The summed E-state index contributed by atoms with van der Waals surface area (Å²) in [6.07, 6.45) is 7.17. The monoisotopic (exact) mass is 314 g/mol. The summed E-state index contributed by atoms with van der Waals surface area (Å²) >= 11 is 6.41. The third kappa shape index (κ3) is 3.12. The van der Waals surface area contributed by atoms with Crippen LogP contribution in [0.25, 0.3) is 0 Å². The predicted molar refractivity (Wildman–Crippen MR) is 83.0 cm³/mol. The van der Waals surface area contributed by atoms with Crippen molar-refractivity contribution in [2.45, 2.75) is 50.4 Å². The van der Waals surface area contributed by atoms with Crippen molar-refractivity contribution in [2.24, 2.45) is 5.92 Å². The molecule has 3 rings (SSSR count). The molecule has 1 aromatic carbocycles. The molecule has 0 spiro atoms. The Morgan fingerprint density at radius 1 is 1.20 bits per heavy atom. The van der Waals surface area contributed by atoms with Gasteiger partial charge in [0.15, 0.2) is 0 Å². The maximum atomic E-state index is 10.9. The van der Waals surface area contributed by atoms with E-state index in [0.29, 0.717) is 5.92 Å². The molecule has 2 fully saturated rings. The molecule has 0 bridgehead atoms. The lowest BCUT2D eigenvalue weighted by molar-refractivity contribution is -0.138. The van der Waals surface area contributed by atoms with Gasteiger partial charge in [-0.2, -0.15) is 0 Å². The molecule has 0 amide bonds. The zero-order valence-electron chi connectivity index (χ0n) is 11.3. The normalized spacial score (nSPS) is 25.9. The summed E-state index contributed by atoms with van der Waals surface area (Å²) < 4.78 is 0. The number of hydrogen-bond donors (Lipinski definition) is 1. The van der Waals surface area contributed by atoms with Crippen molar-refractivity contribution in [2.75, 3.05) is 0 Å². The lowest BCUT2D eigenvalue weighted by Gasteiger charge is -2.23. The van der Waals surface area contributed by atoms with Gasteiger partial charge in [0.2, 0.25) is 0 Å². The molecule has 2 saturated carbocycles. The smallest absolute Gasteiger partial charge is 0.307 e. The summed E-state index contributed by atoms with van der Waals surface area (Å²) in [6.45, 7) is 0. The molecule has 0 saturated heterocycles. The minimum Gasteiger partial charge on any atom is -0.481 e. The molecule has 0 aliphatic heterocycles. The summed E-state index contributed by atoms with van der Waals surface area (Å²) in [6, 6.07) is 6.22. The molecule has 110 valence electrons. The maximum absolute atomic E-state index is 10.9. The highest BCUT2D eigenvalue weighted by Gasteiger charge is 2.44. The van der Waals surface area contributed by atoms with E-state index in [0.717, 1.165) is 17.0 Å². The van der Waals surface area contributed by atoms with Gasteiger partial charge in [-0.3, -0.25) is 4.79 Å². The van der Waals surface area contributed by atoms with E-state index < -0.39 is 5.97 Å². The van der Waals surface area contributed by atoms with Gasteiger partial charge in [-0.05, 0) is 48.3 Å². The quantitative estimate of drug-likeness (QED) is 0.852. The van der Waals surface area contributed by atoms with Gasteiger partial charge in [0.25, 0.3) is 0 Å². The van der Waals surface area contributed by atoms with Crippen LogP contribution in [0.1, 0.15) is 61.5 Å². The molecule has 4 heteroatoms. The molecular weight excluding hydrogens is 295 g/mol. The van der Waals surface area contributed by atoms with E-state index in [1.807, 2.05) is 6.07 Å². The van der Waals surface area contributed by atoms with Crippen LogP contribution in [0.2, 0.25) is 5.02 Å². The van der Waals surface area contributed by atoms with E-state index in [4.69, 9.17) is 16.7 Å². The summed E-state index contributed by atoms with van der Waals surface area (Å²) in [5.41, 5.74) is 2.36. The Kier molecular flexibility index (Phi) is 4.98. The van der Waals surface area contributed by atoms with Gasteiger partial charge in [-0.15, -0.1) is 12.4 Å². The minimum atomic E-state index is -0.683. The van der Waals surface area contributed by atoms with Gasteiger partial charge in [-0.25, -0.2) is 0 Å². The van der Waals surface area contributed by atoms with Crippen LogP contribution in [0.3, 0.4) is 0 Å². The van der Waals surface area contributed by atoms with Crippen LogP contribution in [0.4, 0.5) is 0 Å². The molecular formula is C16H20Cl2O2. The summed E-state index contributed by atoms with van der Waals surface area (Å²) in [7, 11) is 0. The highest BCUT2D eigenvalue weighted by atomic mass is 35.5. The molecule has 2 aliphatic rings. The van der Waals surface area contributed by atoms with Crippen molar-refractivity contribution in [3.8, 4) is 0 Å². The van der Waals surface area contributed by atoms with Crippen LogP contribution in [-0.4, -0.2) is 11.1 Å². The molecule has 2 aliphatic carbocycles. The van der Waals surface area contributed by atoms with Crippen molar-refractivity contribution in [1.82, 2.24) is 0 Å². The molecule has 0 aromatic heterocycles. The Labute approximate surface area is 130 Å². The number of halogens is 2. The lowest BCUT2D eigenvalue weighted by Crippen LogP contribution is -2.05. The second kappa shape index (κ2) is 6.36. The average molecular weight is 315 g/mol. The largest absolute Gasteiger partial charge is 0.481 e. The first-order valence-electron chi connectivity index (χ1n) is 7.19. The second-order valence-electron chi connectivity index (χ2n) is 5.90. The highest BCUT2D eigenvalue weighted by Crippen LogP contribution is 2.48. The first-order valence-corrected chi connectivity index (χ1v) is 7.57. The summed E-state index contributed by atoms with van der Waals surface area (Å²) in [4.78, 5) is 10.9. The number of carbonyl (C=O) groups is 1. The molecule has 2 unspecified atom stereocenters. The summed E-state index contributed by atoms with van der Waals surface area (Å²) in [5.74, 6) is -0.103. The van der Waals surface area contributed by atoms with Gasteiger partial charge < -0.3 is 5.11 Å². The minimum absolute atomic E-state index is 0. The third-order valence-corrected chi connectivity index (χ3v) is 4.93. The number of rotatable bonds is 3. The van der Waals surface area contributed by atoms with Gasteiger partial charge in [0, 0.05) is 5.02 Å². The Balaban J connectivity index is 0.00000147. The zero-order valence-corrected chi connectivity index (χ0v) is 12.9. The fourth-order valence-corrected chi connectivity index (χ4v) is 3.70. The Bertz CT molecular complexity index is 495. The molecule has 20 heavy (non-hydrogen) atoms. The second-order valence-corrected chi connectivity index (χ2v) is 6.31. The van der Waals surface area contributed by atoms with Crippen LogP contribution in [0.5, 0.6) is 0 Å². The average Bonchev–Trinajstić information content (AvgIpc) is 3.20. The highest BCUT2D eigenvalue weighted by molar-refractivity contribution is 6.31. The van der Waals surface area contributed by atoms with Crippen LogP contribution in [0.15, 0.2) is 18.2 Å².